The summed E-state index contributed by atoms with van der Waals surface area (Å²) >= 11 is 0. The van der Waals surface area contributed by atoms with Crippen LogP contribution in [-0.4, -0.2) is 21.2 Å². The molecular weight excluding hydrogens is 234 g/mol. The highest BCUT2D eigenvalue weighted by atomic mass is 16.9. The molecule has 0 aliphatic rings. The molecule has 92 valence electrons. The fourth-order valence-corrected chi connectivity index (χ4v) is 0.825. The summed E-state index contributed by atoms with van der Waals surface area (Å²) < 4.78 is 0. The van der Waals surface area contributed by atoms with Crippen LogP contribution in [0.5, 0.6) is 0 Å². The molecule has 10 heteroatoms. The molecule has 0 fully saturated rings. The summed E-state index contributed by atoms with van der Waals surface area (Å²) in [6, 6.07) is 5.75. The van der Waals surface area contributed by atoms with E-state index in [4.69, 9.17) is 26.8 Å². The Balaban J connectivity index is 0.000000557. The van der Waals surface area contributed by atoms with Crippen molar-refractivity contribution in [2.75, 3.05) is 0 Å². The summed E-state index contributed by atoms with van der Waals surface area (Å²) in [5.74, 6) is -0.125. The molecule has 0 atom stereocenters. The van der Waals surface area contributed by atoms with Crippen LogP contribution in [-0.2, 0) is 0 Å². The number of aliphatic imine (C=N–C) groups is 1. The molecule has 17 heavy (non-hydrogen) atoms. The van der Waals surface area contributed by atoms with Crippen molar-refractivity contribution >= 4 is 17.3 Å². The zero-order chi connectivity index (χ0) is 13.4. The molecule has 0 aliphatic carbocycles. The van der Waals surface area contributed by atoms with Gasteiger partial charge in [-0.15, -0.1) is 10.1 Å². The Kier molecular flexibility index (Phi) is 5.43. The molecule has 0 radical (unpaired) electrons. The fraction of sp³-hybridized carbons (Fsp3) is 0. The van der Waals surface area contributed by atoms with Gasteiger partial charge >= 0.3 is 0 Å². The number of rotatable bonds is 2. The number of nitro groups is 1. The standard InChI is InChI=1S/C7H8N4O2.HNO3/c8-7(9)10-5-2-1-3-6(4-5)11(12)13;2-1(3)4/h1-4H,(H4,8,9,10);(H,2,3,4). The van der Waals surface area contributed by atoms with Gasteiger partial charge in [0.2, 0.25) is 0 Å². The molecule has 10 nitrogen and oxygen atoms in total. The second-order valence-electron chi connectivity index (χ2n) is 2.55. The highest BCUT2D eigenvalue weighted by molar-refractivity contribution is 5.79. The third-order valence-corrected chi connectivity index (χ3v) is 1.30. The number of nitrogens with two attached hydrogens (primary N) is 2. The van der Waals surface area contributed by atoms with Gasteiger partial charge < -0.3 is 16.7 Å². The van der Waals surface area contributed by atoms with Crippen molar-refractivity contribution in [1.29, 1.82) is 0 Å². The summed E-state index contributed by atoms with van der Waals surface area (Å²) in [6.45, 7) is 0. The first kappa shape index (κ1) is 14.1. The molecule has 0 saturated heterocycles. The van der Waals surface area contributed by atoms with E-state index in [2.05, 4.69) is 4.99 Å². The number of nitro benzene ring substituents is 1. The maximum atomic E-state index is 10.3. The number of nitrogens with zero attached hydrogens (tertiary/aromatic N) is 3. The van der Waals surface area contributed by atoms with Crippen LogP contribution in [0.15, 0.2) is 29.3 Å². The molecule has 0 spiro atoms. The third-order valence-electron chi connectivity index (χ3n) is 1.30. The van der Waals surface area contributed by atoms with Gasteiger partial charge in [-0.3, -0.25) is 10.1 Å². The Hall–Kier alpha value is -2.91. The van der Waals surface area contributed by atoms with E-state index in [0.29, 0.717) is 5.69 Å². The van der Waals surface area contributed by atoms with Crippen LogP contribution in [0, 0.1) is 20.2 Å². The predicted octanol–water partition coefficient (Wildman–Crippen LogP) is 0.152. The Morgan fingerprint density at radius 1 is 1.29 bits per heavy atom. The second-order valence-corrected chi connectivity index (χ2v) is 2.55. The molecule has 0 bridgehead atoms. The number of hydrogen-bond donors (Lipinski definition) is 3. The van der Waals surface area contributed by atoms with Crippen molar-refractivity contribution in [3.05, 3.63) is 44.5 Å². The van der Waals surface area contributed by atoms with Gasteiger partial charge in [0.1, 0.15) is 0 Å². The van der Waals surface area contributed by atoms with Crippen molar-refractivity contribution < 1.29 is 15.2 Å². The van der Waals surface area contributed by atoms with Crippen LogP contribution in [0.3, 0.4) is 0 Å². The van der Waals surface area contributed by atoms with E-state index in [1.165, 1.54) is 18.2 Å². The lowest BCUT2D eigenvalue weighted by Gasteiger charge is -1.94. The molecule has 5 N–H and O–H groups in total. The summed E-state index contributed by atoms with van der Waals surface area (Å²) in [5, 5.41) is 24.0. The normalized spacial score (nSPS) is 8.47. The summed E-state index contributed by atoms with van der Waals surface area (Å²) in [5.41, 5.74) is 10.5. The molecule has 0 aliphatic heterocycles. The van der Waals surface area contributed by atoms with Gasteiger partial charge in [-0.25, -0.2) is 4.99 Å². The predicted molar refractivity (Wildman–Crippen MR) is 57.3 cm³/mol. The lowest BCUT2D eigenvalue weighted by Crippen LogP contribution is -2.21. The number of hydrogen-bond acceptors (Lipinski definition) is 5. The fourth-order valence-electron chi connectivity index (χ4n) is 0.825. The quantitative estimate of drug-likeness (QED) is 0.287. The van der Waals surface area contributed by atoms with Gasteiger partial charge in [0.25, 0.3) is 10.8 Å². The first-order valence-corrected chi connectivity index (χ1v) is 4.00. The average molecular weight is 243 g/mol. The zero-order valence-electron chi connectivity index (χ0n) is 8.39. The van der Waals surface area contributed by atoms with Gasteiger partial charge in [0.05, 0.1) is 10.6 Å². The smallest absolute Gasteiger partial charge is 0.291 e. The van der Waals surface area contributed by atoms with Crippen molar-refractivity contribution in [2.24, 2.45) is 16.5 Å². The van der Waals surface area contributed by atoms with E-state index in [9.17, 15) is 10.1 Å². The topological polar surface area (TPSA) is 171 Å². The molecule has 0 unspecified atom stereocenters. The van der Waals surface area contributed by atoms with Gasteiger partial charge in [-0.2, -0.15) is 0 Å². The van der Waals surface area contributed by atoms with Crippen molar-refractivity contribution in [3.63, 3.8) is 0 Å². The molecule has 0 amide bonds. The lowest BCUT2D eigenvalue weighted by molar-refractivity contribution is -0.742. The average Bonchev–Trinajstić information content (AvgIpc) is 2.16. The summed E-state index contributed by atoms with van der Waals surface area (Å²) in [4.78, 5) is 21.9. The molecular formula is C7H9N5O5. The Bertz CT molecular complexity index is 438. The van der Waals surface area contributed by atoms with E-state index in [1.54, 1.807) is 6.07 Å². The highest BCUT2D eigenvalue weighted by Crippen LogP contribution is 2.18. The Morgan fingerprint density at radius 2 is 1.82 bits per heavy atom. The largest absolute Gasteiger partial charge is 0.370 e. The molecule has 0 heterocycles. The third kappa shape index (κ3) is 7.07. The second kappa shape index (κ2) is 6.55. The van der Waals surface area contributed by atoms with E-state index in [-0.39, 0.29) is 11.6 Å². The minimum absolute atomic E-state index is 0.0394. The van der Waals surface area contributed by atoms with E-state index >= 15 is 0 Å². The molecule has 1 aromatic carbocycles. The summed E-state index contributed by atoms with van der Waals surface area (Å²) in [6.07, 6.45) is 0. The van der Waals surface area contributed by atoms with Crippen LogP contribution >= 0.6 is 0 Å². The van der Waals surface area contributed by atoms with E-state index in [1.807, 2.05) is 0 Å². The molecule has 0 saturated carbocycles. The SMILES string of the molecule is NC(N)=Nc1cccc([N+](=O)[O-])c1.O=[N+]([O-])O. The highest BCUT2D eigenvalue weighted by Gasteiger charge is 2.04. The Labute approximate surface area is 94.4 Å². The number of non-ortho nitro benzene ring substituents is 1. The minimum atomic E-state index is -1.50. The van der Waals surface area contributed by atoms with Crippen LogP contribution in [0.1, 0.15) is 0 Å². The van der Waals surface area contributed by atoms with Gasteiger partial charge in [0.15, 0.2) is 5.96 Å². The van der Waals surface area contributed by atoms with Crippen molar-refractivity contribution in [1.82, 2.24) is 0 Å². The monoisotopic (exact) mass is 243 g/mol. The zero-order valence-corrected chi connectivity index (χ0v) is 8.39. The maximum Gasteiger partial charge on any atom is 0.291 e. The molecule has 1 aromatic rings. The maximum absolute atomic E-state index is 10.3. The van der Waals surface area contributed by atoms with Crippen LogP contribution in [0.25, 0.3) is 0 Å². The van der Waals surface area contributed by atoms with Crippen LogP contribution < -0.4 is 11.5 Å². The van der Waals surface area contributed by atoms with E-state index in [0.717, 1.165) is 0 Å². The number of benzene rings is 1. The Morgan fingerprint density at radius 3 is 2.24 bits per heavy atom. The van der Waals surface area contributed by atoms with Crippen LogP contribution in [0.2, 0.25) is 0 Å². The first-order valence-electron chi connectivity index (χ1n) is 4.00. The van der Waals surface area contributed by atoms with Crippen LogP contribution in [0.4, 0.5) is 11.4 Å². The molecule has 1 rings (SSSR count). The summed E-state index contributed by atoms with van der Waals surface area (Å²) in [7, 11) is 0. The van der Waals surface area contributed by atoms with E-state index < -0.39 is 10.0 Å². The number of guanidine groups is 1. The molecule has 0 aromatic heterocycles. The van der Waals surface area contributed by atoms with Gasteiger partial charge in [-0.1, -0.05) is 6.07 Å². The van der Waals surface area contributed by atoms with Gasteiger partial charge in [0, 0.05) is 12.1 Å². The lowest BCUT2D eigenvalue weighted by atomic mass is 10.3. The van der Waals surface area contributed by atoms with Crippen molar-refractivity contribution in [2.45, 2.75) is 0 Å². The van der Waals surface area contributed by atoms with Gasteiger partial charge in [-0.05, 0) is 6.07 Å². The first-order chi connectivity index (χ1) is 7.82. The minimum Gasteiger partial charge on any atom is -0.370 e. The van der Waals surface area contributed by atoms with Crippen molar-refractivity contribution in [3.8, 4) is 0 Å².